The van der Waals surface area contributed by atoms with Crippen LogP contribution in [0.15, 0.2) is 111 Å². The third-order valence-electron chi connectivity index (χ3n) is 5.14. The molecule has 0 N–H and O–H groups in total. The van der Waals surface area contributed by atoms with Gasteiger partial charge in [0.25, 0.3) is 0 Å². The van der Waals surface area contributed by atoms with Crippen LogP contribution in [-0.4, -0.2) is 23.9 Å². The Balaban J connectivity index is 1.89. The van der Waals surface area contributed by atoms with Crippen molar-refractivity contribution in [3.8, 4) is 34.1 Å². The van der Waals surface area contributed by atoms with Crippen molar-refractivity contribution in [1.29, 1.82) is 0 Å². The number of hydrogen-bond donors (Lipinski definition) is 0. The van der Waals surface area contributed by atoms with E-state index in [2.05, 4.69) is 26.3 Å². The van der Waals surface area contributed by atoms with Crippen LogP contribution in [0.3, 0.4) is 0 Å². The first-order valence-corrected chi connectivity index (χ1v) is 11.7. The van der Waals surface area contributed by atoms with Crippen LogP contribution in [0.5, 0.6) is 23.0 Å². The standard InChI is InChI=1S/C32H24O8/c1-5-29(33)37-24-16-15-23(27(19-24)39-31(35)7-3)14-11-21-9-12-22(13-10-21)26-18-17-25(38-30(34)6-2)20-28(26)40-32(36)8-4/h5-20H,1-4H2/b14-11+. The second-order valence-corrected chi connectivity index (χ2v) is 7.81. The lowest BCUT2D eigenvalue weighted by molar-refractivity contribution is -0.130. The molecule has 3 aromatic carbocycles. The highest BCUT2D eigenvalue weighted by Gasteiger charge is 2.13. The number of hydrogen-bond acceptors (Lipinski definition) is 8. The van der Waals surface area contributed by atoms with Crippen LogP contribution in [-0.2, 0) is 19.2 Å². The zero-order chi connectivity index (χ0) is 29.1. The summed E-state index contributed by atoms with van der Waals surface area (Å²) in [6.45, 7) is 13.5. The van der Waals surface area contributed by atoms with Gasteiger partial charge in [0.1, 0.15) is 23.0 Å². The molecule has 0 spiro atoms. The number of benzene rings is 3. The molecule has 0 radical (unpaired) electrons. The molecule has 0 aliphatic carbocycles. The van der Waals surface area contributed by atoms with E-state index in [0.29, 0.717) is 11.1 Å². The van der Waals surface area contributed by atoms with Gasteiger partial charge in [-0.05, 0) is 35.4 Å². The van der Waals surface area contributed by atoms with E-state index in [-0.39, 0.29) is 23.0 Å². The van der Waals surface area contributed by atoms with E-state index in [0.717, 1.165) is 35.4 Å². The Morgan fingerprint density at radius 2 is 1.00 bits per heavy atom. The first-order chi connectivity index (χ1) is 19.3. The van der Waals surface area contributed by atoms with E-state index in [9.17, 15) is 19.2 Å². The van der Waals surface area contributed by atoms with Gasteiger partial charge in [-0.15, -0.1) is 0 Å². The molecule has 0 aromatic heterocycles. The van der Waals surface area contributed by atoms with Gasteiger partial charge in [0.15, 0.2) is 0 Å². The van der Waals surface area contributed by atoms with E-state index in [4.69, 9.17) is 18.9 Å². The fourth-order valence-corrected chi connectivity index (χ4v) is 3.27. The molecule has 0 aliphatic heterocycles. The van der Waals surface area contributed by atoms with Crippen molar-refractivity contribution in [2.45, 2.75) is 0 Å². The lowest BCUT2D eigenvalue weighted by Gasteiger charge is -2.12. The number of esters is 4. The highest BCUT2D eigenvalue weighted by Crippen LogP contribution is 2.34. The van der Waals surface area contributed by atoms with Gasteiger partial charge in [-0.2, -0.15) is 0 Å². The van der Waals surface area contributed by atoms with Crippen LogP contribution in [0, 0.1) is 0 Å². The van der Waals surface area contributed by atoms with Crippen molar-refractivity contribution in [3.05, 3.63) is 122 Å². The molecule has 0 fully saturated rings. The summed E-state index contributed by atoms with van der Waals surface area (Å²) in [4.78, 5) is 46.8. The number of ether oxygens (including phenoxy) is 4. The van der Waals surface area contributed by atoms with Crippen LogP contribution < -0.4 is 18.9 Å². The number of carbonyl (C=O) groups excluding carboxylic acids is 4. The quantitative estimate of drug-likeness (QED) is 0.129. The normalized spacial score (nSPS) is 10.2. The summed E-state index contributed by atoms with van der Waals surface area (Å²) in [7, 11) is 0. The van der Waals surface area contributed by atoms with Gasteiger partial charge in [0.2, 0.25) is 0 Å². The molecule has 0 aliphatic rings. The number of rotatable bonds is 11. The second-order valence-electron chi connectivity index (χ2n) is 7.81. The molecule has 0 bridgehead atoms. The molecule has 3 rings (SSSR count). The van der Waals surface area contributed by atoms with Crippen LogP contribution in [0.1, 0.15) is 11.1 Å². The topological polar surface area (TPSA) is 105 Å². The van der Waals surface area contributed by atoms with E-state index >= 15 is 0 Å². The van der Waals surface area contributed by atoms with E-state index < -0.39 is 23.9 Å². The minimum Gasteiger partial charge on any atom is -0.423 e. The van der Waals surface area contributed by atoms with E-state index in [1.54, 1.807) is 36.4 Å². The molecule has 8 heteroatoms. The summed E-state index contributed by atoms with van der Waals surface area (Å²) >= 11 is 0. The summed E-state index contributed by atoms with van der Waals surface area (Å²) < 4.78 is 20.9. The monoisotopic (exact) mass is 536 g/mol. The summed E-state index contributed by atoms with van der Waals surface area (Å²) in [5.41, 5.74) is 2.64. The van der Waals surface area contributed by atoms with Crippen LogP contribution in [0.25, 0.3) is 23.3 Å². The summed E-state index contributed by atoms with van der Waals surface area (Å²) in [6.07, 6.45) is 7.59. The minimum atomic E-state index is -0.676. The molecule has 200 valence electrons. The maximum Gasteiger partial charge on any atom is 0.335 e. The molecule has 3 aromatic rings. The molecular formula is C32H24O8. The molecule has 0 heterocycles. The maximum absolute atomic E-state index is 11.9. The zero-order valence-electron chi connectivity index (χ0n) is 21.3. The molecule has 0 amide bonds. The predicted molar refractivity (Wildman–Crippen MR) is 151 cm³/mol. The highest BCUT2D eigenvalue weighted by molar-refractivity contribution is 5.88. The van der Waals surface area contributed by atoms with Gasteiger partial charge in [0.05, 0.1) is 0 Å². The van der Waals surface area contributed by atoms with Gasteiger partial charge in [-0.25, -0.2) is 19.2 Å². The minimum absolute atomic E-state index is 0.165. The highest BCUT2D eigenvalue weighted by atomic mass is 16.6. The Hall–Kier alpha value is -5.76. The molecule has 8 nitrogen and oxygen atoms in total. The third kappa shape index (κ3) is 7.87. The molecule has 0 atom stereocenters. The Kier molecular flexibility index (Phi) is 9.86. The Labute approximate surface area is 230 Å². The fourth-order valence-electron chi connectivity index (χ4n) is 3.27. The van der Waals surface area contributed by atoms with Crippen molar-refractivity contribution < 1.29 is 38.1 Å². The lowest BCUT2D eigenvalue weighted by atomic mass is 10.0. The van der Waals surface area contributed by atoms with Gasteiger partial charge in [-0.3, -0.25) is 0 Å². The Morgan fingerprint density at radius 1 is 0.525 bits per heavy atom. The molecule has 0 saturated heterocycles. The average molecular weight is 537 g/mol. The number of carbonyl (C=O) groups is 4. The smallest absolute Gasteiger partial charge is 0.335 e. The van der Waals surface area contributed by atoms with Gasteiger partial charge in [0, 0.05) is 47.6 Å². The predicted octanol–water partition coefficient (Wildman–Crippen LogP) is 5.89. The first-order valence-electron chi connectivity index (χ1n) is 11.7. The van der Waals surface area contributed by atoms with Gasteiger partial charge in [-0.1, -0.05) is 62.7 Å². The van der Waals surface area contributed by atoms with Gasteiger partial charge >= 0.3 is 23.9 Å². The summed E-state index contributed by atoms with van der Waals surface area (Å²) in [6, 6.07) is 16.5. The van der Waals surface area contributed by atoms with E-state index in [1.807, 2.05) is 24.3 Å². The summed E-state index contributed by atoms with van der Waals surface area (Å²) in [5.74, 6) is -1.96. The summed E-state index contributed by atoms with van der Waals surface area (Å²) in [5, 5.41) is 0. The van der Waals surface area contributed by atoms with Crippen molar-refractivity contribution in [3.63, 3.8) is 0 Å². The molecule has 0 unspecified atom stereocenters. The lowest BCUT2D eigenvalue weighted by Crippen LogP contribution is -2.06. The molecular weight excluding hydrogens is 512 g/mol. The average Bonchev–Trinajstić information content (AvgIpc) is 2.97. The van der Waals surface area contributed by atoms with Crippen molar-refractivity contribution in [2.75, 3.05) is 0 Å². The van der Waals surface area contributed by atoms with Crippen molar-refractivity contribution in [1.82, 2.24) is 0 Å². The Bertz CT molecular complexity index is 1530. The SMILES string of the molecule is C=CC(=O)Oc1ccc(/C=C/c2ccc(-c3ccc(OC(=O)C=C)cc3OC(=O)C=C)cc2)c(OC(=O)C=C)c1. The van der Waals surface area contributed by atoms with Crippen molar-refractivity contribution in [2.24, 2.45) is 0 Å². The van der Waals surface area contributed by atoms with Crippen LogP contribution in [0.4, 0.5) is 0 Å². The van der Waals surface area contributed by atoms with Crippen LogP contribution in [0.2, 0.25) is 0 Å². The Morgan fingerprint density at radius 3 is 1.55 bits per heavy atom. The van der Waals surface area contributed by atoms with E-state index in [1.165, 1.54) is 12.1 Å². The first kappa shape index (κ1) is 28.8. The maximum atomic E-state index is 11.9. The third-order valence-corrected chi connectivity index (χ3v) is 5.14. The molecule has 40 heavy (non-hydrogen) atoms. The second kappa shape index (κ2) is 13.7. The zero-order valence-corrected chi connectivity index (χ0v) is 21.3. The van der Waals surface area contributed by atoms with Crippen molar-refractivity contribution >= 4 is 36.0 Å². The van der Waals surface area contributed by atoms with Crippen LogP contribution >= 0.6 is 0 Å². The van der Waals surface area contributed by atoms with Gasteiger partial charge < -0.3 is 18.9 Å². The fraction of sp³-hybridized carbons (Fsp3) is 0. The molecule has 0 saturated carbocycles. The largest absolute Gasteiger partial charge is 0.423 e.